The molecule has 0 spiro atoms. The number of piperazine rings is 1. The van der Waals surface area contributed by atoms with E-state index in [0.29, 0.717) is 6.04 Å². The van der Waals surface area contributed by atoms with Gasteiger partial charge in [0.1, 0.15) is 0 Å². The van der Waals surface area contributed by atoms with Crippen molar-refractivity contribution in [1.82, 2.24) is 4.90 Å². The summed E-state index contributed by atoms with van der Waals surface area (Å²) in [7, 11) is 4.68. The van der Waals surface area contributed by atoms with Crippen molar-refractivity contribution >= 4 is 0 Å². The van der Waals surface area contributed by atoms with E-state index in [-0.39, 0.29) is 0 Å². The summed E-state index contributed by atoms with van der Waals surface area (Å²) in [4.78, 5) is 2.67. The summed E-state index contributed by atoms with van der Waals surface area (Å²) in [6, 6.07) is 18.3. The molecule has 0 saturated carbocycles. The Bertz CT molecular complexity index is 619. The van der Waals surface area contributed by atoms with Crippen LogP contribution in [0.25, 0.3) is 11.1 Å². The minimum atomic E-state index is 0.456. The van der Waals surface area contributed by atoms with Crippen LogP contribution < -0.4 is 0 Å². The molecule has 2 aromatic rings. The van der Waals surface area contributed by atoms with E-state index in [0.717, 1.165) is 4.48 Å². The molecule has 1 saturated heterocycles. The molecule has 1 heterocycles. The Morgan fingerprint density at radius 1 is 0.810 bits per heavy atom. The van der Waals surface area contributed by atoms with Crippen molar-refractivity contribution in [2.45, 2.75) is 6.04 Å². The van der Waals surface area contributed by atoms with Gasteiger partial charge in [-0.3, -0.25) is 4.90 Å². The van der Waals surface area contributed by atoms with Crippen molar-refractivity contribution in [2.75, 3.05) is 40.3 Å². The molecule has 21 heavy (non-hydrogen) atoms. The van der Waals surface area contributed by atoms with Gasteiger partial charge in [0.25, 0.3) is 0 Å². The van der Waals surface area contributed by atoms with Gasteiger partial charge in [-0.25, -0.2) is 0 Å². The first-order valence-corrected chi connectivity index (χ1v) is 7.90. The summed E-state index contributed by atoms with van der Waals surface area (Å²) in [5.74, 6) is 0. The van der Waals surface area contributed by atoms with E-state index in [1.54, 1.807) is 0 Å². The minimum Gasteiger partial charge on any atom is -0.326 e. The topological polar surface area (TPSA) is 3.24 Å². The fourth-order valence-corrected chi connectivity index (χ4v) is 3.80. The molecule has 0 bridgehead atoms. The molecule has 0 aromatic heterocycles. The average Bonchev–Trinajstić information content (AvgIpc) is 2.82. The Morgan fingerprint density at radius 2 is 1.29 bits per heavy atom. The number of likely N-dealkylation sites (N-methyl/N-ethyl adjacent to an activating group) is 1. The second kappa shape index (κ2) is 4.69. The van der Waals surface area contributed by atoms with Crippen molar-refractivity contribution in [3.63, 3.8) is 0 Å². The number of fused-ring (bicyclic) bond motifs is 3. The zero-order chi connectivity index (χ0) is 14.4. The van der Waals surface area contributed by atoms with Crippen molar-refractivity contribution in [1.29, 1.82) is 0 Å². The van der Waals surface area contributed by atoms with E-state index >= 15 is 0 Å². The van der Waals surface area contributed by atoms with E-state index in [1.165, 1.54) is 48.4 Å². The summed E-state index contributed by atoms with van der Waals surface area (Å²) in [5, 5.41) is 0. The summed E-state index contributed by atoms with van der Waals surface area (Å²) in [6.45, 7) is 4.84. The molecule has 2 heteroatoms. The van der Waals surface area contributed by atoms with Gasteiger partial charge in [-0.15, -0.1) is 0 Å². The predicted octanol–water partition coefficient (Wildman–Crippen LogP) is 3.15. The maximum absolute atomic E-state index is 2.67. The second-order valence-corrected chi connectivity index (χ2v) is 7.00. The number of quaternary nitrogens is 1. The highest BCUT2D eigenvalue weighted by Gasteiger charge is 2.36. The van der Waals surface area contributed by atoms with Gasteiger partial charge in [0, 0.05) is 13.1 Å². The SMILES string of the molecule is C[N+]1(C)CCN(C2c3ccccc3-c3ccccc32)CC1. The van der Waals surface area contributed by atoms with E-state index in [9.17, 15) is 0 Å². The third-order valence-electron chi connectivity index (χ3n) is 5.15. The van der Waals surface area contributed by atoms with Gasteiger partial charge >= 0.3 is 0 Å². The zero-order valence-electron chi connectivity index (χ0n) is 12.9. The Kier molecular flexibility index (Phi) is 2.91. The van der Waals surface area contributed by atoms with Gasteiger partial charge in [0.15, 0.2) is 0 Å². The third kappa shape index (κ3) is 2.10. The Morgan fingerprint density at radius 3 is 1.81 bits per heavy atom. The standard InChI is InChI=1S/C19H23N2/c1-21(2)13-11-20(12-14-21)19-17-9-5-3-7-15(17)16-8-4-6-10-18(16)19/h3-10,19H,11-14H2,1-2H3/q+1. The van der Waals surface area contributed by atoms with Crippen LogP contribution in [0.15, 0.2) is 48.5 Å². The smallest absolute Gasteiger partial charge is 0.0912 e. The van der Waals surface area contributed by atoms with Crippen LogP contribution in [0.3, 0.4) is 0 Å². The molecule has 1 aliphatic heterocycles. The molecular formula is C19H23N2+. The Hall–Kier alpha value is -1.64. The zero-order valence-corrected chi connectivity index (χ0v) is 12.9. The van der Waals surface area contributed by atoms with E-state index < -0.39 is 0 Å². The van der Waals surface area contributed by atoms with Crippen LogP contribution in [-0.4, -0.2) is 49.7 Å². The number of hydrogen-bond donors (Lipinski definition) is 0. The lowest BCUT2D eigenvalue weighted by atomic mass is 10.0. The maximum Gasteiger partial charge on any atom is 0.0912 e. The lowest BCUT2D eigenvalue weighted by Crippen LogP contribution is -2.55. The van der Waals surface area contributed by atoms with Crippen LogP contribution >= 0.6 is 0 Å². The normalized spacial score (nSPS) is 21.0. The predicted molar refractivity (Wildman–Crippen MR) is 87.1 cm³/mol. The number of nitrogens with zero attached hydrogens (tertiary/aromatic N) is 2. The van der Waals surface area contributed by atoms with Crippen LogP contribution in [0, 0.1) is 0 Å². The highest BCUT2D eigenvalue weighted by Crippen LogP contribution is 2.46. The van der Waals surface area contributed by atoms with Crippen molar-refractivity contribution < 1.29 is 4.48 Å². The Labute approximate surface area is 127 Å². The van der Waals surface area contributed by atoms with Crippen LogP contribution in [-0.2, 0) is 0 Å². The molecule has 0 radical (unpaired) electrons. The molecule has 0 amide bonds. The average molecular weight is 279 g/mol. The molecule has 2 nitrogen and oxygen atoms in total. The van der Waals surface area contributed by atoms with Crippen LogP contribution in [0.5, 0.6) is 0 Å². The number of benzene rings is 2. The number of hydrogen-bond acceptors (Lipinski definition) is 1. The van der Waals surface area contributed by atoms with E-state index in [1.807, 2.05) is 0 Å². The number of rotatable bonds is 1. The van der Waals surface area contributed by atoms with Gasteiger partial charge in [-0.2, -0.15) is 0 Å². The molecule has 0 N–H and O–H groups in total. The van der Waals surface area contributed by atoms with Crippen LogP contribution in [0.4, 0.5) is 0 Å². The minimum absolute atomic E-state index is 0.456. The first kappa shape index (κ1) is 13.1. The maximum atomic E-state index is 2.67. The van der Waals surface area contributed by atoms with Crippen molar-refractivity contribution in [3.8, 4) is 11.1 Å². The molecule has 1 fully saturated rings. The molecule has 2 aromatic carbocycles. The molecule has 4 rings (SSSR count). The van der Waals surface area contributed by atoms with Crippen LogP contribution in [0.2, 0.25) is 0 Å². The largest absolute Gasteiger partial charge is 0.326 e. The molecule has 1 aliphatic carbocycles. The molecule has 0 atom stereocenters. The monoisotopic (exact) mass is 279 g/mol. The van der Waals surface area contributed by atoms with Crippen molar-refractivity contribution in [3.05, 3.63) is 59.7 Å². The fourth-order valence-electron chi connectivity index (χ4n) is 3.80. The second-order valence-electron chi connectivity index (χ2n) is 7.00. The van der Waals surface area contributed by atoms with Gasteiger partial charge < -0.3 is 4.48 Å². The Balaban J connectivity index is 1.76. The summed E-state index contributed by atoms with van der Waals surface area (Å²) in [5.41, 5.74) is 5.84. The van der Waals surface area contributed by atoms with Gasteiger partial charge in [-0.1, -0.05) is 48.5 Å². The third-order valence-corrected chi connectivity index (χ3v) is 5.15. The molecule has 0 unspecified atom stereocenters. The van der Waals surface area contributed by atoms with E-state index in [4.69, 9.17) is 0 Å². The first-order valence-electron chi connectivity index (χ1n) is 7.90. The molecule has 2 aliphatic rings. The quantitative estimate of drug-likeness (QED) is 0.725. The first-order chi connectivity index (χ1) is 10.2. The lowest BCUT2D eigenvalue weighted by molar-refractivity contribution is -0.894. The van der Waals surface area contributed by atoms with Crippen LogP contribution in [0.1, 0.15) is 17.2 Å². The molecular weight excluding hydrogens is 256 g/mol. The highest BCUT2D eigenvalue weighted by molar-refractivity contribution is 5.78. The van der Waals surface area contributed by atoms with Crippen molar-refractivity contribution in [2.24, 2.45) is 0 Å². The summed E-state index contributed by atoms with van der Waals surface area (Å²) < 4.78 is 1.15. The summed E-state index contributed by atoms with van der Waals surface area (Å²) in [6.07, 6.45) is 0. The van der Waals surface area contributed by atoms with Gasteiger partial charge in [0.2, 0.25) is 0 Å². The highest BCUT2D eigenvalue weighted by atomic mass is 15.4. The van der Waals surface area contributed by atoms with Gasteiger partial charge in [-0.05, 0) is 22.3 Å². The lowest BCUT2D eigenvalue weighted by Gasteiger charge is -2.41. The van der Waals surface area contributed by atoms with Gasteiger partial charge in [0.05, 0.1) is 33.2 Å². The fraction of sp³-hybridized carbons (Fsp3) is 0.368. The summed E-state index contributed by atoms with van der Waals surface area (Å²) >= 11 is 0. The van der Waals surface area contributed by atoms with E-state index in [2.05, 4.69) is 67.5 Å². The molecule has 108 valence electrons.